The van der Waals surface area contributed by atoms with Crippen LogP contribution < -0.4 is 15.4 Å². The lowest BCUT2D eigenvalue weighted by atomic mass is 10.1. The number of rotatable bonds is 9. The second-order valence-electron chi connectivity index (χ2n) is 8.49. The van der Waals surface area contributed by atoms with E-state index in [1.165, 1.54) is 6.42 Å². The Kier molecular flexibility index (Phi) is 9.85. The molecule has 2 N–H and O–H groups in total. The van der Waals surface area contributed by atoms with Crippen LogP contribution >= 0.6 is 12.2 Å². The quantitative estimate of drug-likeness (QED) is 0.413. The molecule has 3 rings (SSSR count). The number of hydrogen-bond donors (Lipinski definition) is 2. The number of anilines is 1. The van der Waals surface area contributed by atoms with Gasteiger partial charge in [0.05, 0.1) is 12.2 Å². The van der Waals surface area contributed by atoms with Crippen molar-refractivity contribution in [2.75, 3.05) is 45.2 Å². The van der Waals surface area contributed by atoms with Gasteiger partial charge in [0.2, 0.25) is 0 Å². The summed E-state index contributed by atoms with van der Waals surface area (Å²) >= 11 is 5.35. The van der Waals surface area contributed by atoms with Gasteiger partial charge in [0, 0.05) is 37.4 Å². The van der Waals surface area contributed by atoms with Gasteiger partial charge in [-0.25, -0.2) is 0 Å². The van der Waals surface area contributed by atoms with Crippen molar-refractivity contribution < 1.29 is 14.3 Å². The number of benzene rings is 2. The minimum atomic E-state index is -0.341. The summed E-state index contributed by atoms with van der Waals surface area (Å²) in [6.45, 7) is 5.89. The molecule has 0 aliphatic carbocycles. The number of carbonyl (C=O) groups excluding carboxylic acids is 2. The van der Waals surface area contributed by atoms with Crippen LogP contribution in [0.4, 0.5) is 5.69 Å². The van der Waals surface area contributed by atoms with Gasteiger partial charge in [0.15, 0.2) is 5.11 Å². The van der Waals surface area contributed by atoms with E-state index >= 15 is 0 Å². The summed E-state index contributed by atoms with van der Waals surface area (Å²) in [4.78, 5) is 29.7. The molecule has 34 heavy (non-hydrogen) atoms. The van der Waals surface area contributed by atoms with Crippen molar-refractivity contribution in [1.82, 2.24) is 15.1 Å². The Morgan fingerprint density at radius 3 is 2.53 bits per heavy atom. The summed E-state index contributed by atoms with van der Waals surface area (Å²) in [5.74, 6) is 0.196. The molecule has 1 heterocycles. The fourth-order valence-corrected chi connectivity index (χ4v) is 3.96. The Hall–Kier alpha value is -2.97. The normalized spacial score (nSPS) is 13.9. The van der Waals surface area contributed by atoms with Gasteiger partial charge in [-0.3, -0.25) is 14.9 Å². The SMILES string of the molecule is CCCCCCOc1ccccc1C(=O)NC(=S)Nc1cccc(C(=O)N2CCN(C)CC2)c1. The van der Waals surface area contributed by atoms with Crippen LogP contribution in [0.25, 0.3) is 0 Å². The number of unbranched alkanes of at least 4 members (excludes halogenated alkanes) is 3. The van der Waals surface area contributed by atoms with Crippen molar-refractivity contribution in [2.45, 2.75) is 32.6 Å². The third-order valence-corrected chi connectivity index (χ3v) is 5.98. The summed E-state index contributed by atoms with van der Waals surface area (Å²) in [7, 11) is 2.06. The number of amides is 2. The topological polar surface area (TPSA) is 73.9 Å². The third kappa shape index (κ3) is 7.53. The molecule has 0 unspecified atom stereocenters. The Balaban J connectivity index is 1.56. The van der Waals surface area contributed by atoms with Crippen molar-refractivity contribution in [2.24, 2.45) is 0 Å². The summed E-state index contributed by atoms with van der Waals surface area (Å²) in [5.41, 5.74) is 1.66. The zero-order chi connectivity index (χ0) is 24.3. The number of hydrogen-bond acceptors (Lipinski definition) is 5. The molecule has 2 aromatic rings. The lowest BCUT2D eigenvalue weighted by Crippen LogP contribution is -2.47. The monoisotopic (exact) mass is 482 g/mol. The number of ether oxygens (including phenoxy) is 1. The smallest absolute Gasteiger partial charge is 0.261 e. The van der Waals surface area contributed by atoms with Gasteiger partial charge in [-0.15, -0.1) is 0 Å². The highest BCUT2D eigenvalue weighted by molar-refractivity contribution is 7.80. The first-order valence-electron chi connectivity index (χ1n) is 11.9. The van der Waals surface area contributed by atoms with Crippen molar-refractivity contribution in [3.63, 3.8) is 0 Å². The zero-order valence-corrected chi connectivity index (χ0v) is 20.8. The molecule has 0 aromatic heterocycles. The molecule has 182 valence electrons. The van der Waals surface area contributed by atoms with Crippen LogP contribution in [0.1, 0.15) is 53.3 Å². The van der Waals surface area contributed by atoms with E-state index in [0.29, 0.717) is 42.3 Å². The first-order valence-corrected chi connectivity index (χ1v) is 12.3. The predicted octanol–water partition coefficient (Wildman–Crippen LogP) is 4.16. The molecule has 1 saturated heterocycles. The summed E-state index contributed by atoms with van der Waals surface area (Å²) < 4.78 is 5.84. The third-order valence-electron chi connectivity index (χ3n) is 5.77. The first kappa shape index (κ1) is 25.6. The Morgan fingerprint density at radius 1 is 1.00 bits per heavy atom. The van der Waals surface area contributed by atoms with E-state index in [4.69, 9.17) is 17.0 Å². The van der Waals surface area contributed by atoms with E-state index in [9.17, 15) is 9.59 Å². The van der Waals surface area contributed by atoms with E-state index in [1.807, 2.05) is 17.0 Å². The second kappa shape index (κ2) is 13.1. The maximum Gasteiger partial charge on any atom is 0.261 e. The molecule has 1 aliphatic rings. The zero-order valence-electron chi connectivity index (χ0n) is 20.0. The summed E-state index contributed by atoms with van der Waals surface area (Å²) in [5, 5.41) is 5.89. The number of para-hydroxylation sites is 1. The molecule has 7 nitrogen and oxygen atoms in total. The Morgan fingerprint density at radius 2 is 1.76 bits per heavy atom. The van der Waals surface area contributed by atoms with Crippen LogP contribution in [0, 0.1) is 0 Å². The molecule has 1 fully saturated rings. The molecule has 1 aliphatic heterocycles. The molecule has 0 radical (unpaired) electrons. The summed E-state index contributed by atoms with van der Waals surface area (Å²) in [6.07, 6.45) is 4.39. The van der Waals surface area contributed by atoms with Crippen molar-refractivity contribution in [1.29, 1.82) is 0 Å². The molecule has 2 aromatic carbocycles. The first-order chi connectivity index (χ1) is 16.5. The van der Waals surface area contributed by atoms with Crippen molar-refractivity contribution in [3.05, 3.63) is 59.7 Å². The van der Waals surface area contributed by atoms with Crippen LogP contribution in [0.15, 0.2) is 48.5 Å². The van der Waals surface area contributed by atoms with Gasteiger partial charge >= 0.3 is 0 Å². The van der Waals surface area contributed by atoms with Gasteiger partial charge in [0.1, 0.15) is 5.75 Å². The highest BCUT2D eigenvalue weighted by atomic mass is 32.1. The van der Waals surface area contributed by atoms with Crippen LogP contribution in [-0.4, -0.2) is 66.6 Å². The molecule has 0 saturated carbocycles. The minimum Gasteiger partial charge on any atom is -0.493 e. The van der Waals surface area contributed by atoms with E-state index in [-0.39, 0.29) is 16.9 Å². The number of likely N-dealkylation sites (N-methyl/N-ethyl adjacent to an activating group) is 1. The highest BCUT2D eigenvalue weighted by Crippen LogP contribution is 2.19. The fraction of sp³-hybridized carbons (Fsp3) is 0.423. The standard InChI is InChI=1S/C26H34N4O3S/c1-3-4-5-8-18-33-23-13-7-6-12-22(23)24(31)28-26(34)27-21-11-9-10-20(19-21)25(32)30-16-14-29(2)15-17-30/h6-7,9-13,19H,3-5,8,14-18H2,1-2H3,(H2,27,28,31,34). The van der Waals surface area contributed by atoms with E-state index in [1.54, 1.807) is 36.4 Å². The van der Waals surface area contributed by atoms with Crippen molar-refractivity contribution in [3.8, 4) is 5.75 Å². The predicted molar refractivity (Wildman–Crippen MR) is 140 cm³/mol. The minimum absolute atomic E-state index is 0.00304. The van der Waals surface area contributed by atoms with E-state index in [2.05, 4.69) is 29.5 Å². The largest absolute Gasteiger partial charge is 0.493 e. The Bertz CT molecular complexity index is 990. The maximum atomic E-state index is 12.9. The fourth-order valence-electron chi connectivity index (χ4n) is 3.75. The van der Waals surface area contributed by atoms with Gasteiger partial charge in [0.25, 0.3) is 11.8 Å². The molecule has 0 atom stereocenters. The highest BCUT2D eigenvalue weighted by Gasteiger charge is 2.20. The van der Waals surface area contributed by atoms with Gasteiger partial charge in [-0.05, 0) is 56.0 Å². The molecule has 2 amide bonds. The molecular formula is C26H34N4O3S. The van der Waals surface area contributed by atoms with Gasteiger partial charge < -0.3 is 19.9 Å². The van der Waals surface area contributed by atoms with Gasteiger partial charge in [-0.2, -0.15) is 0 Å². The van der Waals surface area contributed by atoms with Crippen LogP contribution in [-0.2, 0) is 0 Å². The number of carbonyl (C=O) groups is 2. The second-order valence-corrected chi connectivity index (χ2v) is 8.90. The number of nitrogens with one attached hydrogen (secondary N) is 2. The van der Waals surface area contributed by atoms with Gasteiger partial charge in [-0.1, -0.05) is 44.4 Å². The lowest BCUT2D eigenvalue weighted by Gasteiger charge is -2.32. The summed E-state index contributed by atoms with van der Waals surface area (Å²) in [6, 6.07) is 14.3. The van der Waals surface area contributed by atoms with Crippen LogP contribution in [0.3, 0.4) is 0 Å². The lowest BCUT2D eigenvalue weighted by molar-refractivity contribution is 0.0664. The molecule has 8 heteroatoms. The Labute approximate surface area is 207 Å². The van der Waals surface area contributed by atoms with E-state index < -0.39 is 0 Å². The van der Waals surface area contributed by atoms with Crippen LogP contribution in [0.2, 0.25) is 0 Å². The maximum absolute atomic E-state index is 12.9. The number of piperazine rings is 1. The number of nitrogens with zero attached hydrogens (tertiary/aromatic N) is 2. The number of thiocarbonyl (C=S) groups is 1. The molecule has 0 bridgehead atoms. The van der Waals surface area contributed by atoms with Crippen LogP contribution in [0.5, 0.6) is 5.75 Å². The molecular weight excluding hydrogens is 448 g/mol. The average molecular weight is 483 g/mol. The van der Waals surface area contributed by atoms with Crippen molar-refractivity contribution >= 4 is 34.8 Å². The van der Waals surface area contributed by atoms with E-state index in [0.717, 1.165) is 32.4 Å². The molecule has 0 spiro atoms. The average Bonchev–Trinajstić information content (AvgIpc) is 2.84.